The third-order valence-corrected chi connectivity index (χ3v) is 12.6. The van der Waals surface area contributed by atoms with Gasteiger partial charge in [0.05, 0.1) is 22.4 Å². The number of furan rings is 1. The number of rotatable bonds is 5. The first-order valence-corrected chi connectivity index (χ1v) is 21.6. The Balaban J connectivity index is 0.00000149. The van der Waals surface area contributed by atoms with E-state index in [1.165, 1.54) is 31.3 Å². The summed E-state index contributed by atoms with van der Waals surface area (Å²) < 4.78 is 11.7. The summed E-state index contributed by atoms with van der Waals surface area (Å²) in [6.45, 7) is 6.56. The van der Waals surface area contributed by atoms with Gasteiger partial charge in [-0.1, -0.05) is 91.5 Å². The molecule has 0 bridgehead atoms. The smallest absolute Gasteiger partial charge is 0.219 e. The van der Waals surface area contributed by atoms with Crippen LogP contribution in [0.4, 0.5) is 22.7 Å². The Hall–Kier alpha value is -7.51. The standard InChI is InChI=1S/C54H36N2O2S.C2H7N/c1-3-13-50-45(33-56-46-20-7-4-17-39(46)40-18-5-8-21-47(40)56)42-25-26-48-53(54(42)58-50)34(2)14-10-11-29-55(48)38-24-27-49(57)43(32-38)37-16-12-15-35(30-37)36-23-28-52-44(31-36)41-19-6-9-22-51(41)59-52;1-3-2/h3-33H,2H2,1H3;3H,1-2H3/p+1/b13-3-,14-10-,29-11-;. The molecule has 2 aliphatic heterocycles. The highest BCUT2D eigenvalue weighted by molar-refractivity contribution is 7.25. The van der Waals surface area contributed by atoms with Gasteiger partial charge in [-0.15, -0.1) is 11.3 Å². The molecule has 0 atom stereocenters. The van der Waals surface area contributed by atoms with Gasteiger partial charge in [0.2, 0.25) is 11.4 Å². The minimum Gasteiger partial charge on any atom is -0.507 e. The molecule has 0 fully saturated rings. The van der Waals surface area contributed by atoms with Crippen LogP contribution in [0.15, 0.2) is 187 Å². The highest BCUT2D eigenvalue weighted by atomic mass is 32.1. The zero-order valence-electron chi connectivity index (χ0n) is 34.8. The number of para-hydroxylation sites is 2. The highest BCUT2D eigenvalue weighted by Gasteiger charge is 2.32. The van der Waals surface area contributed by atoms with Crippen LogP contribution in [-0.4, -0.2) is 25.4 Å². The molecular formula is C56H44N3O2S+. The topological polar surface area (TPSA) is 51.6 Å². The van der Waals surface area contributed by atoms with E-state index in [0.29, 0.717) is 0 Å². The Morgan fingerprint density at radius 3 is 2.18 bits per heavy atom. The molecule has 4 heterocycles. The Morgan fingerprint density at radius 1 is 0.677 bits per heavy atom. The van der Waals surface area contributed by atoms with E-state index in [1.54, 1.807) is 6.07 Å². The molecule has 300 valence electrons. The van der Waals surface area contributed by atoms with Gasteiger partial charge < -0.3 is 19.7 Å². The Kier molecular flexibility index (Phi) is 10.1. The zero-order chi connectivity index (χ0) is 42.3. The Labute approximate surface area is 365 Å². The monoisotopic (exact) mass is 822 g/mol. The largest absolute Gasteiger partial charge is 0.507 e. The first kappa shape index (κ1) is 38.7. The van der Waals surface area contributed by atoms with Crippen molar-refractivity contribution < 1.29 is 9.52 Å². The van der Waals surface area contributed by atoms with E-state index in [1.807, 2.05) is 68.8 Å². The van der Waals surface area contributed by atoms with Crippen LogP contribution in [0.2, 0.25) is 0 Å². The summed E-state index contributed by atoms with van der Waals surface area (Å²) in [5.41, 5.74) is 13.9. The van der Waals surface area contributed by atoms with Crippen molar-refractivity contribution in [2.45, 2.75) is 6.92 Å². The van der Waals surface area contributed by atoms with Gasteiger partial charge in [-0.25, -0.2) is 0 Å². The normalized spacial score (nSPS) is 14.0. The number of nitrogens with zero attached hydrogens (tertiary/aromatic N) is 2. The van der Waals surface area contributed by atoms with Gasteiger partial charge >= 0.3 is 0 Å². The Morgan fingerprint density at radius 2 is 1.39 bits per heavy atom. The van der Waals surface area contributed by atoms with Crippen molar-refractivity contribution in [1.82, 2.24) is 9.89 Å². The van der Waals surface area contributed by atoms with Crippen LogP contribution in [0, 0.1) is 0 Å². The van der Waals surface area contributed by atoms with Gasteiger partial charge in [0, 0.05) is 60.7 Å². The number of phenols is 1. The van der Waals surface area contributed by atoms with Crippen molar-refractivity contribution in [2.24, 2.45) is 0 Å². The van der Waals surface area contributed by atoms with Gasteiger partial charge in [0.15, 0.2) is 6.21 Å². The molecule has 0 saturated heterocycles. The number of nitrogens with one attached hydrogen (secondary N) is 1. The number of allylic oxidation sites excluding steroid dienone is 5. The third kappa shape index (κ3) is 6.67. The van der Waals surface area contributed by atoms with Crippen LogP contribution in [0.5, 0.6) is 5.75 Å². The summed E-state index contributed by atoms with van der Waals surface area (Å²) in [6, 6.07) is 50.9. The van der Waals surface area contributed by atoms with Crippen molar-refractivity contribution in [2.75, 3.05) is 19.0 Å². The molecule has 9 aromatic rings. The third-order valence-electron chi connectivity index (χ3n) is 11.5. The quantitative estimate of drug-likeness (QED) is 0.170. The van der Waals surface area contributed by atoms with Crippen molar-refractivity contribution in [3.8, 4) is 39.1 Å². The van der Waals surface area contributed by atoms with E-state index in [4.69, 9.17) is 4.42 Å². The molecule has 62 heavy (non-hydrogen) atoms. The van der Waals surface area contributed by atoms with E-state index in [-0.39, 0.29) is 5.75 Å². The summed E-state index contributed by atoms with van der Waals surface area (Å²) in [5.74, 6) is 0.991. The fourth-order valence-electron chi connectivity index (χ4n) is 8.70. The first-order chi connectivity index (χ1) is 30.4. The van der Waals surface area contributed by atoms with Crippen LogP contribution in [0.1, 0.15) is 23.8 Å². The second-order valence-electron chi connectivity index (χ2n) is 15.4. The lowest BCUT2D eigenvalue weighted by Crippen LogP contribution is -2.11. The van der Waals surface area contributed by atoms with Gasteiger partial charge in [-0.05, 0) is 122 Å². The second kappa shape index (κ2) is 16.2. The van der Waals surface area contributed by atoms with Crippen LogP contribution >= 0.6 is 11.3 Å². The summed E-state index contributed by atoms with van der Waals surface area (Å²) in [6.07, 6.45) is 14.4. The maximum atomic E-state index is 11.4. The van der Waals surface area contributed by atoms with Crippen LogP contribution in [-0.2, 0) is 0 Å². The van der Waals surface area contributed by atoms with Crippen LogP contribution in [0.3, 0.4) is 0 Å². The molecule has 0 spiro atoms. The lowest BCUT2D eigenvalue weighted by atomic mass is 9.96. The number of hydrogen-bond donors (Lipinski definition) is 2. The van der Waals surface area contributed by atoms with Crippen molar-refractivity contribution in [1.29, 1.82) is 0 Å². The molecule has 6 heteroatoms. The van der Waals surface area contributed by atoms with Crippen molar-refractivity contribution >= 4 is 83.1 Å². The van der Waals surface area contributed by atoms with Gasteiger partial charge in [-0.3, -0.25) is 0 Å². The number of thiophene rings is 1. The molecule has 0 unspecified atom stereocenters. The fraction of sp³-hybridized carbons (Fsp3) is 0.0536. The van der Waals surface area contributed by atoms with Crippen LogP contribution < -0.4 is 14.8 Å². The minimum absolute atomic E-state index is 0.216. The van der Waals surface area contributed by atoms with Crippen molar-refractivity contribution in [3.63, 3.8) is 0 Å². The van der Waals surface area contributed by atoms with Gasteiger partial charge in [0.25, 0.3) is 0 Å². The summed E-state index contributed by atoms with van der Waals surface area (Å²) in [7, 11) is 3.75. The SMILES string of the molecule is C=C1/C=C\C=C/N(c2ccc(O)c(-c3cccc(-c4ccc5sc6ccccc6c5c4)c3)c2)c2ccc3c(C=[N+]4c5ccccc5-c5ccccc54)c(/C=C\C)oc3c21.CNC. The van der Waals surface area contributed by atoms with Crippen LogP contribution in [0.25, 0.3) is 76.2 Å². The summed E-state index contributed by atoms with van der Waals surface area (Å²) >= 11 is 1.82. The average Bonchev–Trinajstić information content (AvgIpc) is 3.95. The number of phenolic OH excluding ortho intramolecular Hbond substituents is 1. The molecule has 2 N–H and O–H groups in total. The first-order valence-electron chi connectivity index (χ1n) is 20.8. The number of hydrogen-bond acceptors (Lipinski definition) is 5. The summed E-state index contributed by atoms with van der Waals surface area (Å²) in [4.78, 5) is 2.15. The maximum absolute atomic E-state index is 11.4. The highest BCUT2D eigenvalue weighted by Crippen LogP contribution is 2.47. The average molecular weight is 823 g/mol. The predicted molar refractivity (Wildman–Crippen MR) is 266 cm³/mol. The molecular weight excluding hydrogens is 779 g/mol. The van der Waals surface area contributed by atoms with Gasteiger partial charge in [-0.2, -0.15) is 4.58 Å². The predicted octanol–water partition coefficient (Wildman–Crippen LogP) is 14.9. The van der Waals surface area contributed by atoms with E-state index in [0.717, 1.165) is 78.4 Å². The lowest BCUT2D eigenvalue weighted by molar-refractivity contribution is 0.477. The molecule has 11 rings (SSSR count). The molecule has 0 amide bonds. The lowest BCUT2D eigenvalue weighted by Gasteiger charge is -2.26. The minimum atomic E-state index is 0.216. The number of benzene rings is 7. The van der Waals surface area contributed by atoms with E-state index < -0.39 is 0 Å². The molecule has 2 aliphatic rings. The Bertz CT molecular complexity index is 3310. The maximum Gasteiger partial charge on any atom is 0.219 e. The number of fused-ring (bicyclic) bond motifs is 9. The van der Waals surface area contributed by atoms with E-state index >= 15 is 0 Å². The molecule has 0 radical (unpaired) electrons. The van der Waals surface area contributed by atoms with Gasteiger partial charge in [0.1, 0.15) is 17.1 Å². The molecule has 0 aliphatic carbocycles. The van der Waals surface area contributed by atoms with Crippen molar-refractivity contribution in [3.05, 3.63) is 200 Å². The zero-order valence-corrected chi connectivity index (χ0v) is 35.6. The summed E-state index contributed by atoms with van der Waals surface area (Å²) in [5, 5.41) is 17.7. The molecule has 7 aromatic carbocycles. The van der Waals surface area contributed by atoms with E-state index in [9.17, 15) is 5.11 Å². The molecule has 2 aromatic heterocycles. The fourth-order valence-corrected chi connectivity index (χ4v) is 9.79. The number of anilines is 2. The molecule has 0 saturated carbocycles. The van der Waals surface area contributed by atoms with E-state index in [2.05, 4.69) is 167 Å². The number of aromatic hydroxyl groups is 1. The second-order valence-corrected chi connectivity index (χ2v) is 16.5. The molecule has 5 nitrogen and oxygen atoms in total.